The van der Waals surface area contributed by atoms with Crippen LogP contribution in [0.2, 0.25) is 10.0 Å². The Balaban J connectivity index is 1.80. The molecule has 0 saturated carbocycles. The van der Waals surface area contributed by atoms with Crippen molar-refractivity contribution in [3.8, 4) is 0 Å². The van der Waals surface area contributed by atoms with Gasteiger partial charge in [0.05, 0.1) is 25.5 Å². The standard InChI is InChI=1S/C24H20Cl2F7N3O4S/c1-12-7-13(3-4-15(12)21(38)36-41(2,39)6-5-19(37)34-11-23(28,29)30)18-10-22(40-35-18,24(31,32)33)14-8-16(25)20(27)17(26)9-14/h3-4,7-9H,5-6,10-11H2,1-2H3,(H,34,37). The van der Waals surface area contributed by atoms with Gasteiger partial charge in [-0.25, -0.2) is 8.60 Å². The van der Waals surface area contributed by atoms with Gasteiger partial charge >= 0.3 is 12.4 Å². The number of aryl methyl sites for hydroxylation is 1. The van der Waals surface area contributed by atoms with Gasteiger partial charge in [-0.1, -0.05) is 34.4 Å². The summed E-state index contributed by atoms with van der Waals surface area (Å²) in [6, 6.07) is 5.28. The molecule has 2 atom stereocenters. The van der Waals surface area contributed by atoms with Crippen molar-refractivity contribution in [3.63, 3.8) is 0 Å². The predicted molar refractivity (Wildman–Crippen MR) is 137 cm³/mol. The maximum atomic E-state index is 14.2. The third-order valence-electron chi connectivity index (χ3n) is 5.90. The Kier molecular flexibility index (Phi) is 9.35. The highest BCUT2D eigenvalue weighted by molar-refractivity contribution is 7.93. The number of carbonyl (C=O) groups excluding carboxylic acids is 2. The van der Waals surface area contributed by atoms with Crippen LogP contribution in [0.4, 0.5) is 30.7 Å². The van der Waals surface area contributed by atoms with E-state index in [9.17, 15) is 44.5 Å². The minimum atomic E-state index is -5.03. The fraction of sp³-hybridized carbons (Fsp3) is 0.375. The lowest BCUT2D eigenvalue weighted by atomic mass is 9.86. The number of nitrogens with zero attached hydrogens (tertiary/aromatic N) is 2. The van der Waals surface area contributed by atoms with Gasteiger partial charge in [-0.3, -0.25) is 9.59 Å². The summed E-state index contributed by atoms with van der Waals surface area (Å²) in [6.45, 7) is -0.134. The molecule has 17 heteroatoms. The molecule has 0 aromatic heterocycles. The monoisotopic (exact) mass is 649 g/mol. The van der Waals surface area contributed by atoms with Crippen LogP contribution in [-0.4, -0.2) is 52.6 Å². The summed E-state index contributed by atoms with van der Waals surface area (Å²) in [6.07, 6.45) is -10.0. The van der Waals surface area contributed by atoms with Gasteiger partial charge < -0.3 is 10.2 Å². The Morgan fingerprint density at radius 2 is 1.73 bits per heavy atom. The lowest BCUT2D eigenvalue weighted by Gasteiger charge is -2.29. The number of oxime groups is 1. The van der Waals surface area contributed by atoms with Crippen LogP contribution < -0.4 is 5.32 Å². The van der Waals surface area contributed by atoms with E-state index in [1.807, 2.05) is 0 Å². The smallest absolute Gasteiger partial charge is 0.374 e. The highest BCUT2D eigenvalue weighted by Crippen LogP contribution is 2.50. The Bertz CT molecular complexity index is 1510. The van der Waals surface area contributed by atoms with Gasteiger partial charge in [0.25, 0.3) is 11.5 Å². The van der Waals surface area contributed by atoms with E-state index in [0.29, 0.717) is 0 Å². The predicted octanol–water partition coefficient (Wildman–Crippen LogP) is 6.33. The molecule has 0 aliphatic carbocycles. The SMILES string of the molecule is Cc1cc(C2=NOC(c3cc(Cl)c(F)c(Cl)c3)(C(F)(F)F)C2)ccc1C(=O)N=S(C)(=O)CCC(=O)NCC(F)(F)F. The second-order valence-electron chi connectivity index (χ2n) is 9.12. The van der Waals surface area contributed by atoms with Crippen LogP contribution in [0.15, 0.2) is 39.9 Å². The van der Waals surface area contributed by atoms with Gasteiger partial charge in [0.1, 0.15) is 6.54 Å². The van der Waals surface area contributed by atoms with Gasteiger partial charge in [-0.15, -0.1) is 0 Å². The van der Waals surface area contributed by atoms with E-state index in [2.05, 4.69) is 9.52 Å². The quantitative estimate of drug-likeness (QED) is 0.280. The lowest BCUT2D eigenvalue weighted by Crippen LogP contribution is -2.42. The average molecular weight is 650 g/mol. The number of nitrogens with one attached hydrogen (secondary N) is 1. The van der Waals surface area contributed by atoms with Gasteiger partial charge in [-0.05, 0) is 42.3 Å². The summed E-state index contributed by atoms with van der Waals surface area (Å²) in [7, 11) is -3.33. The number of hydrogen-bond donors (Lipinski definition) is 1. The third-order valence-corrected chi connectivity index (χ3v) is 7.96. The number of benzene rings is 2. The fourth-order valence-electron chi connectivity index (χ4n) is 3.77. The summed E-state index contributed by atoms with van der Waals surface area (Å²) in [5.74, 6) is -3.59. The molecule has 41 heavy (non-hydrogen) atoms. The first-order valence-electron chi connectivity index (χ1n) is 11.4. The van der Waals surface area contributed by atoms with Crippen LogP contribution in [0.25, 0.3) is 0 Å². The second kappa shape index (κ2) is 11.8. The molecular weight excluding hydrogens is 630 g/mol. The molecule has 0 spiro atoms. The molecule has 0 saturated heterocycles. The van der Waals surface area contributed by atoms with Gasteiger partial charge in [0.2, 0.25) is 5.91 Å². The molecule has 0 bridgehead atoms. The minimum absolute atomic E-state index is 0.0662. The van der Waals surface area contributed by atoms with Crippen molar-refractivity contribution in [1.82, 2.24) is 5.32 Å². The Hall–Kier alpha value is -2.91. The van der Waals surface area contributed by atoms with E-state index in [1.54, 1.807) is 5.32 Å². The molecular formula is C24H20Cl2F7N3O4S. The molecule has 1 aliphatic rings. The number of alkyl halides is 6. The topological polar surface area (TPSA) is 97.2 Å². The Morgan fingerprint density at radius 3 is 2.27 bits per heavy atom. The number of amides is 2. The number of carbonyl (C=O) groups is 2. The highest BCUT2D eigenvalue weighted by atomic mass is 35.5. The van der Waals surface area contributed by atoms with E-state index in [-0.39, 0.29) is 22.4 Å². The van der Waals surface area contributed by atoms with Crippen LogP contribution in [0, 0.1) is 12.7 Å². The van der Waals surface area contributed by atoms with Crippen molar-refractivity contribution in [1.29, 1.82) is 0 Å². The molecule has 1 N–H and O–H groups in total. The van der Waals surface area contributed by atoms with Crippen LogP contribution in [0.3, 0.4) is 0 Å². The zero-order chi connectivity index (χ0) is 31.0. The second-order valence-corrected chi connectivity index (χ2v) is 12.4. The van der Waals surface area contributed by atoms with Crippen molar-refractivity contribution < 1.29 is 49.4 Å². The summed E-state index contributed by atoms with van der Waals surface area (Å²) in [4.78, 5) is 29.1. The van der Waals surface area contributed by atoms with Gasteiger partial charge in [-0.2, -0.15) is 30.7 Å². The van der Waals surface area contributed by atoms with Crippen molar-refractivity contribution in [3.05, 3.63) is 68.4 Å². The van der Waals surface area contributed by atoms with Gasteiger partial charge in [0, 0.05) is 36.0 Å². The maximum Gasteiger partial charge on any atom is 0.435 e. The van der Waals surface area contributed by atoms with Crippen LogP contribution >= 0.6 is 23.2 Å². The molecule has 0 radical (unpaired) electrons. The average Bonchev–Trinajstić information content (AvgIpc) is 3.31. The molecule has 7 nitrogen and oxygen atoms in total. The largest absolute Gasteiger partial charge is 0.435 e. The van der Waals surface area contributed by atoms with Crippen LogP contribution in [0.1, 0.15) is 39.9 Å². The summed E-state index contributed by atoms with van der Waals surface area (Å²) >= 11 is 11.4. The first-order valence-corrected chi connectivity index (χ1v) is 14.2. The molecule has 224 valence electrons. The number of halogens is 9. The van der Waals surface area contributed by atoms with Crippen molar-refractivity contribution in [2.75, 3.05) is 18.6 Å². The van der Waals surface area contributed by atoms with E-state index < -0.39 is 86.1 Å². The highest BCUT2D eigenvalue weighted by Gasteiger charge is 2.62. The van der Waals surface area contributed by atoms with E-state index in [0.717, 1.165) is 18.4 Å². The third kappa shape index (κ3) is 7.68. The molecule has 2 aromatic carbocycles. The molecule has 0 fully saturated rings. The molecule has 2 aromatic rings. The van der Waals surface area contributed by atoms with Gasteiger partial charge in [0.15, 0.2) is 5.82 Å². The fourth-order valence-corrected chi connectivity index (χ4v) is 5.36. The first-order chi connectivity index (χ1) is 18.7. The van der Waals surface area contributed by atoms with Crippen molar-refractivity contribution >= 4 is 50.5 Å². The van der Waals surface area contributed by atoms with Crippen molar-refractivity contribution in [2.45, 2.75) is 37.7 Å². The summed E-state index contributed by atoms with van der Waals surface area (Å²) in [5, 5.41) is 3.91. The zero-order valence-electron chi connectivity index (χ0n) is 21.1. The van der Waals surface area contributed by atoms with Crippen LogP contribution in [-0.2, 0) is 25.0 Å². The maximum absolute atomic E-state index is 14.2. The number of hydrogen-bond acceptors (Lipinski definition) is 5. The molecule has 3 rings (SSSR count). The van der Waals surface area contributed by atoms with E-state index in [4.69, 9.17) is 28.0 Å². The number of rotatable bonds is 7. The van der Waals surface area contributed by atoms with E-state index in [1.165, 1.54) is 25.1 Å². The van der Waals surface area contributed by atoms with Crippen LogP contribution in [0.5, 0.6) is 0 Å². The normalized spacial score (nSPS) is 18.8. The zero-order valence-corrected chi connectivity index (χ0v) is 23.4. The Labute approximate surface area is 239 Å². The first kappa shape index (κ1) is 32.6. The summed E-state index contributed by atoms with van der Waals surface area (Å²) in [5.41, 5.74) is -3.48. The van der Waals surface area contributed by atoms with E-state index >= 15 is 0 Å². The minimum Gasteiger partial charge on any atom is -0.374 e. The molecule has 1 heterocycles. The summed E-state index contributed by atoms with van der Waals surface area (Å²) < 4.78 is 109. The van der Waals surface area contributed by atoms with Crippen molar-refractivity contribution in [2.24, 2.45) is 9.52 Å². The lowest BCUT2D eigenvalue weighted by molar-refractivity contribution is -0.275. The molecule has 2 unspecified atom stereocenters. The molecule has 1 aliphatic heterocycles. The Morgan fingerprint density at radius 1 is 1.12 bits per heavy atom. The molecule has 2 amide bonds.